The molecule has 0 aliphatic carbocycles. The van der Waals surface area contributed by atoms with Crippen molar-refractivity contribution in [1.29, 1.82) is 0 Å². The van der Waals surface area contributed by atoms with Crippen molar-refractivity contribution >= 4 is 17.9 Å². The van der Waals surface area contributed by atoms with E-state index in [-0.39, 0.29) is 25.4 Å². The molecular weight excluding hydrogens is 238 g/mol. The molecule has 7 nitrogen and oxygen atoms in total. The smallest absolute Gasteiger partial charge is 0.327 e. The van der Waals surface area contributed by atoms with Gasteiger partial charge in [-0.3, -0.25) is 4.79 Å². The summed E-state index contributed by atoms with van der Waals surface area (Å²) in [6.07, 6.45) is 4.90. The number of carboxylic acid groups (broad SMARTS) is 1. The van der Waals surface area contributed by atoms with Crippen molar-refractivity contribution in [1.82, 2.24) is 15.5 Å². The molecule has 18 heavy (non-hydrogen) atoms. The summed E-state index contributed by atoms with van der Waals surface area (Å²) < 4.78 is 0. The first-order valence-corrected chi connectivity index (χ1v) is 5.38. The molecule has 0 saturated heterocycles. The molecule has 0 saturated carbocycles. The average Bonchev–Trinajstić information content (AvgIpc) is 2.34. The molecule has 0 spiro atoms. The molecule has 1 atom stereocenters. The third-order valence-electron chi connectivity index (χ3n) is 2.20. The number of hydrogen-bond donors (Lipinski definition) is 3. The Hall–Kier alpha value is -2.23. The van der Waals surface area contributed by atoms with E-state index >= 15 is 0 Å². The van der Waals surface area contributed by atoms with Crippen LogP contribution >= 0.6 is 0 Å². The first kappa shape index (κ1) is 15.8. The van der Waals surface area contributed by atoms with E-state index < -0.39 is 18.0 Å². The number of nitrogens with one attached hydrogen (secondary N) is 2. The highest BCUT2D eigenvalue weighted by Gasteiger charge is 2.22. The van der Waals surface area contributed by atoms with Gasteiger partial charge in [-0.05, 0) is 6.92 Å². The zero-order valence-electron chi connectivity index (χ0n) is 10.4. The van der Waals surface area contributed by atoms with Crippen molar-refractivity contribution < 1.29 is 19.5 Å². The summed E-state index contributed by atoms with van der Waals surface area (Å²) in [6, 6.07) is -1.79. The van der Waals surface area contributed by atoms with Crippen LogP contribution in [-0.2, 0) is 9.59 Å². The number of aliphatic carboxylic acids is 1. The van der Waals surface area contributed by atoms with Crippen molar-refractivity contribution in [2.24, 2.45) is 0 Å². The Bertz CT molecular complexity index is 362. The van der Waals surface area contributed by atoms with Crippen LogP contribution in [0.5, 0.6) is 0 Å². The van der Waals surface area contributed by atoms with Crippen LogP contribution in [0.4, 0.5) is 4.79 Å². The van der Waals surface area contributed by atoms with Gasteiger partial charge in [0.2, 0.25) is 5.91 Å². The molecular formula is C11H17N3O4. The molecule has 0 heterocycles. The van der Waals surface area contributed by atoms with Gasteiger partial charge in [-0.1, -0.05) is 0 Å². The van der Waals surface area contributed by atoms with Crippen molar-refractivity contribution in [3.8, 4) is 12.3 Å². The van der Waals surface area contributed by atoms with Crippen molar-refractivity contribution in [3.63, 3.8) is 0 Å². The van der Waals surface area contributed by atoms with E-state index in [4.69, 9.17) is 11.5 Å². The van der Waals surface area contributed by atoms with Gasteiger partial charge in [0.15, 0.2) is 0 Å². The van der Waals surface area contributed by atoms with E-state index in [0.717, 1.165) is 0 Å². The number of terminal acetylenes is 1. The zero-order chi connectivity index (χ0) is 14.1. The van der Waals surface area contributed by atoms with Crippen LogP contribution in [0, 0.1) is 12.3 Å². The fourth-order valence-corrected chi connectivity index (χ4v) is 1.14. The van der Waals surface area contributed by atoms with Gasteiger partial charge < -0.3 is 20.6 Å². The lowest BCUT2D eigenvalue weighted by Crippen LogP contribution is -2.50. The Morgan fingerprint density at radius 2 is 2.06 bits per heavy atom. The lowest BCUT2D eigenvalue weighted by molar-refractivity contribution is -0.139. The van der Waals surface area contributed by atoms with Crippen LogP contribution in [0.2, 0.25) is 0 Å². The second-order valence-corrected chi connectivity index (χ2v) is 3.44. The fraction of sp³-hybridized carbons (Fsp3) is 0.545. The monoisotopic (exact) mass is 255 g/mol. The van der Waals surface area contributed by atoms with Gasteiger partial charge >= 0.3 is 12.0 Å². The van der Waals surface area contributed by atoms with Crippen LogP contribution in [0.1, 0.15) is 13.3 Å². The Morgan fingerprint density at radius 3 is 2.44 bits per heavy atom. The van der Waals surface area contributed by atoms with Crippen molar-refractivity contribution in [3.05, 3.63) is 0 Å². The maximum atomic E-state index is 11.7. The zero-order valence-corrected chi connectivity index (χ0v) is 10.4. The van der Waals surface area contributed by atoms with Gasteiger partial charge in [0.05, 0.1) is 0 Å². The number of urea groups is 1. The second-order valence-electron chi connectivity index (χ2n) is 3.44. The first-order chi connectivity index (χ1) is 8.46. The molecule has 3 N–H and O–H groups in total. The molecule has 0 aliphatic rings. The Morgan fingerprint density at radius 1 is 1.44 bits per heavy atom. The summed E-state index contributed by atoms with van der Waals surface area (Å²) in [5, 5.41) is 13.5. The fourth-order valence-electron chi connectivity index (χ4n) is 1.14. The number of nitrogens with zero attached hydrogens (tertiary/aromatic N) is 1. The van der Waals surface area contributed by atoms with Gasteiger partial charge in [-0.25, -0.2) is 9.59 Å². The summed E-state index contributed by atoms with van der Waals surface area (Å²) in [5.41, 5.74) is 0. The minimum atomic E-state index is -1.21. The molecule has 0 aromatic heterocycles. The highest BCUT2D eigenvalue weighted by Crippen LogP contribution is 1.95. The van der Waals surface area contributed by atoms with E-state index in [1.807, 2.05) is 0 Å². The Kier molecular flexibility index (Phi) is 6.96. The molecule has 7 heteroatoms. The minimum absolute atomic E-state index is 0.112. The van der Waals surface area contributed by atoms with E-state index in [1.165, 1.54) is 11.9 Å². The maximum Gasteiger partial charge on any atom is 0.327 e. The number of rotatable bonds is 6. The molecule has 0 rings (SSSR count). The Balaban J connectivity index is 4.55. The van der Waals surface area contributed by atoms with Crippen molar-refractivity contribution in [2.75, 3.05) is 20.1 Å². The van der Waals surface area contributed by atoms with Gasteiger partial charge in [-0.15, -0.1) is 12.3 Å². The quantitative estimate of drug-likeness (QED) is 0.543. The largest absolute Gasteiger partial charge is 0.480 e. The standard InChI is InChI=1S/C11H17N3O4/c1-4-6-8(10(16)17)13-11(18)14(5-2)7-9(15)12-3/h1,8H,5-7H2,2-3H3,(H,12,15)(H,13,18)(H,16,17). The number of hydrogen-bond acceptors (Lipinski definition) is 3. The third-order valence-corrected chi connectivity index (χ3v) is 2.20. The van der Waals surface area contributed by atoms with Gasteiger partial charge in [0, 0.05) is 20.0 Å². The first-order valence-electron chi connectivity index (χ1n) is 5.38. The van der Waals surface area contributed by atoms with Crippen LogP contribution in [0.3, 0.4) is 0 Å². The molecule has 0 aromatic rings. The molecule has 0 radical (unpaired) electrons. The highest BCUT2D eigenvalue weighted by molar-refractivity contribution is 5.86. The van der Waals surface area contributed by atoms with Gasteiger partial charge in [0.25, 0.3) is 0 Å². The number of amides is 3. The lowest BCUT2D eigenvalue weighted by atomic mass is 10.2. The summed E-state index contributed by atoms with van der Waals surface area (Å²) >= 11 is 0. The summed E-state index contributed by atoms with van der Waals surface area (Å²) in [5.74, 6) is 0.622. The second kappa shape index (κ2) is 7.95. The topological polar surface area (TPSA) is 98.7 Å². The van der Waals surface area contributed by atoms with Crippen molar-refractivity contribution in [2.45, 2.75) is 19.4 Å². The number of carbonyl (C=O) groups is 3. The summed E-state index contributed by atoms with van der Waals surface area (Å²) in [6.45, 7) is 1.82. The molecule has 0 aromatic carbocycles. The van der Waals surface area contributed by atoms with Gasteiger partial charge in [-0.2, -0.15) is 0 Å². The molecule has 0 fully saturated rings. The van der Waals surface area contributed by atoms with E-state index in [9.17, 15) is 14.4 Å². The summed E-state index contributed by atoms with van der Waals surface area (Å²) in [7, 11) is 1.45. The molecule has 0 aliphatic heterocycles. The van der Waals surface area contributed by atoms with Crippen LogP contribution < -0.4 is 10.6 Å². The molecule has 100 valence electrons. The van der Waals surface area contributed by atoms with Crippen LogP contribution in [0.15, 0.2) is 0 Å². The SMILES string of the molecule is C#CCC(NC(=O)N(CC)CC(=O)NC)C(=O)O. The van der Waals surface area contributed by atoms with Crippen LogP contribution in [0.25, 0.3) is 0 Å². The number of likely N-dealkylation sites (N-methyl/N-ethyl adjacent to an activating group) is 2. The van der Waals surface area contributed by atoms with E-state index in [2.05, 4.69) is 16.6 Å². The van der Waals surface area contributed by atoms with Crippen LogP contribution in [-0.4, -0.2) is 54.1 Å². The minimum Gasteiger partial charge on any atom is -0.480 e. The normalized spacial score (nSPS) is 10.9. The average molecular weight is 255 g/mol. The number of carbonyl (C=O) groups excluding carboxylic acids is 2. The molecule has 0 bridgehead atoms. The maximum absolute atomic E-state index is 11.7. The molecule has 1 unspecified atom stereocenters. The Labute approximate surface area is 106 Å². The number of carboxylic acids is 1. The van der Waals surface area contributed by atoms with Gasteiger partial charge in [0.1, 0.15) is 12.6 Å². The lowest BCUT2D eigenvalue weighted by Gasteiger charge is -2.22. The van der Waals surface area contributed by atoms with E-state index in [0.29, 0.717) is 0 Å². The predicted molar refractivity (Wildman–Crippen MR) is 64.7 cm³/mol. The van der Waals surface area contributed by atoms with E-state index in [1.54, 1.807) is 6.92 Å². The highest BCUT2D eigenvalue weighted by atomic mass is 16.4. The molecule has 3 amide bonds. The third kappa shape index (κ3) is 5.21. The summed E-state index contributed by atoms with van der Waals surface area (Å²) in [4.78, 5) is 34.9. The predicted octanol–water partition coefficient (Wildman–Crippen LogP) is -0.760.